The van der Waals surface area contributed by atoms with E-state index in [2.05, 4.69) is 4.74 Å². The monoisotopic (exact) mass is 355 g/mol. The summed E-state index contributed by atoms with van der Waals surface area (Å²) in [6.07, 6.45) is 2.80. The van der Waals surface area contributed by atoms with Gasteiger partial charge in [0.15, 0.2) is 0 Å². The van der Waals surface area contributed by atoms with Crippen molar-refractivity contribution in [2.75, 3.05) is 6.54 Å². The molecule has 0 radical (unpaired) electrons. The maximum absolute atomic E-state index is 12.5. The number of hydrogen-bond acceptors (Lipinski definition) is 4. The average molecular weight is 355 g/mol. The predicted octanol–water partition coefficient (Wildman–Crippen LogP) is 3.87. The lowest BCUT2D eigenvalue weighted by Gasteiger charge is -2.45. The van der Waals surface area contributed by atoms with Crippen LogP contribution in [0.2, 0.25) is 0 Å². The van der Waals surface area contributed by atoms with Crippen LogP contribution in [0.3, 0.4) is 0 Å². The standard InChI is InChI=1S/C18H23F2NO4/c1-12(13-2-4-15(5-3-13)24-16(19)20)21-11-10-18(25-17(21)23)8-6-14(22)7-9-18/h2-5,12,14,16,22H,6-11H2,1H3/t12-,14-,18+/m0/s1. The fourth-order valence-electron chi connectivity index (χ4n) is 3.65. The number of nitrogens with zero attached hydrogens (tertiary/aromatic N) is 1. The lowest BCUT2D eigenvalue weighted by Crippen LogP contribution is -2.52. The van der Waals surface area contributed by atoms with Crippen LogP contribution >= 0.6 is 0 Å². The second-order valence-corrected chi connectivity index (χ2v) is 6.85. The van der Waals surface area contributed by atoms with Crippen LogP contribution < -0.4 is 4.74 Å². The summed E-state index contributed by atoms with van der Waals surface area (Å²) in [6.45, 7) is -0.399. The van der Waals surface area contributed by atoms with Crippen LogP contribution in [0.25, 0.3) is 0 Å². The third-order valence-electron chi connectivity index (χ3n) is 5.27. The van der Waals surface area contributed by atoms with Gasteiger partial charge >= 0.3 is 12.7 Å². The van der Waals surface area contributed by atoms with Gasteiger partial charge in [-0.2, -0.15) is 8.78 Å². The van der Waals surface area contributed by atoms with E-state index in [1.807, 2.05) is 6.92 Å². The number of halogens is 2. The summed E-state index contributed by atoms with van der Waals surface area (Å²) in [5.74, 6) is 0.0897. The normalized spacial score (nSPS) is 28.1. The highest BCUT2D eigenvalue weighted by molar-refractivity contribution is 5.69. The van der Waals surface area contributed by atoms with Gasteiger partial charge in [-0.15, -0.1) is 0 Å². The van der Waals surface area contributed by atoms with Crippen LogP contribution in [0.15, 0.2) is 24.3 Å². The minimum Gasteiger partial charge on any atom is -0.443 e. The zero-order valence-corrected chi connectivity index (χ0v) is 14.2. The van der Waals surface area contributed by atoms with E-state index >= 15 is 0 Å². The van der Waals surface area contributed by atoms with E-state index in [1.165, 1.54) is 12.1 Å². The minimum absolute atomic E-state index is 0.0897. The molecule has 7 heteroatoms. The summed E-state index contributed by atoms with van der Waals surface area (Å²) in [5, 5.41) is 9.65. The molecule has 0 unspecified atom stereocenters. The maximum atomic E-state index is 12.5. The van der Waals surface area contributed by atoms with E-state index in [9.17, 15) is 18.7 Å². The Bertz CT molecular complexity index is 600. The number of benzene rings is 1. The van der Waals surface area contributed by atoms with E-state index in [-0.39, 0.29) is 24.0 Å². The number of aliphatic hydroxyl groups is 1. The molecule has 1 aliphatic carbocycles. The van der Waals surface area contributed by atoms with E-state index < -0.39 is 12.2 Å². The Morgan fingerprint density at radius 2 is 1.88 bits per heavy atom. The molecular weight excluding hydrogens is 332 g/mol. The van der Waals surface area contributed by atoms with Crippen molar-refractivity contribution in [2.45, 2.75) is 63.4 Å². The zero-order chi connectivity index (χ0) is 18.0. The van der Waals surface area contributed by atoms with Crippen molar-refractivity contribution in [1.82, 2.24) is 4.90 Å². The fourth-order valence-corrected chi connectivity index (χ4v) is 3.65. The van der Waals surface area contributed by atoms with Crippen LogP contribution in [0.4, 0.5) is 13.6 Å². The topological polar surface area (TPSA) is 59.0 Å². The molecule has 1 spiro atoms. The maximum Gasteiger partial charge on any atom is 0.410 e. The number of carbonyl (C=O) groups is 1. The molecule has 1 atom stereocenters. The van der Waals surface area contributed by atoms with E-state index in [0.717, 1.165) is 12.0 Å². The molecule has 1 aromatic carbocycles. The second-order valence-electron chi connectivity index (χ2n) is 6.85. The van der Waals surface area contributed by atoms with Crippen molar-refractivity contribution in [3.05, 3.63) is 29.8 Å². The van der Waals surface area contributed by atoms with Gasteiger partial charge in [0.1, 0.15) is 11.4 Å². The lowest BCUT2D eigenvalue weighted by atomic mass is 9.80. The van der Waals surface area contributed by atoms with Crippen LogP contribution in [0, 0.1) is 0 Å². The van der Waals surface area contributed by atoms with Gasteiger partial charge in [0.25, 0.3) is 0 Å². The first kappa shape index (κ1) is 17.9. The molecule has 0 bridgehead atoms. The molecule has 2 fully saturated rings. The Labute approximate surface area is 145 Å². The van der Waals surface area contributed by atoms with Gasteiger partial charge in [0.05, 0.1) is 12.1 Å². The van der Waals surface area contributed by atoms with Crippen LogP contribution in [-0.4, -0.2) is 41.0 Å². The highest BCUT2D eigenvalue weighted by Gasteiger charge is 2.44. The van der Waals surface area contributed by atoms with Gasteiger partial charge in [0.2, 0.25) is 0 Å². The number of aliphatic hydroxyl groups excluding tert-OH is 1. The third kappa shape index (κ3) is 4.03. The molecule has 1 aromatic rings. The first-order valence-corrected chi connectivity index (χ1v) is 8.61. The van der Waals surface area contributed by atoms with Gasteiger partial charge in [-0.3, -0.25) is 0 Å². The van der Waals surface area contributed by atoms with Gasteiger partial charge in [-0.1, -0.05) is 12.1 Å². The molecule has 0 aromatic heterocycles. The largest absolute Gasteiger partial charge is 0.443 e. The zero-order valence-electron chi connectivity index (χ0n) is 14.2. The quantitative estimate of drug-likeness (QED) is 0.891. The second kappa shape index (κ2) is 7.15. The Hall–Kier alpha value is -1.89. The van der Waals surface area contributed by atoms with E-state index in [4.69, 9.17) is 4.74 Å². The van der Waals surface area contributed by atoms with Crippen molar-refractivity contribution in [3.63, 3.8) is 0 Å². The molecule has 1 aliphatic heterocycles. The SMILES string of the molecule is C[C@@H](c1ccc(OC(F)F)cc1)N1CC[C@]2(CC[C@H](O)CC2)OC1=O. The molecule has 138 valence electrons. The van der Waals surface area contributed by atoms with Crippen molar-refractivity contribution < 1.29 is 28.2 Å². The molecule has 25 heavy (non-hydrogen) atoms. The first-order chi connectivity index (χ1) is 11.9. The number of alkyl halides is 2. The molecule has 1 N–H and O–H groups in total. The summed E-state index contributed by atoms with van der Waals surface area (Å²) in [4.78, 5) is 14.1. The van der Waals surface area contributed by atoms with Crippen LogP contribution in [0.5, 0.6) is 5.75 Å². The van der Waals surface area contributed by atoms with Crippen LogP contribution in [-0.2, 0) is 4.74 Å². The number of ether oxygens (including phenoxy) is 2. The molecule has 1 heterocycles. The minimum atomic E-state index is -2.86. The molecule has 5 nitrogen and oxygen atoms in total. The number of carbonyl (C=O) groups excluding carboxylic acids is 1. The first-order valence-electron chi connectivity index (χ1n) is 8.61. The third-order valence-corrected chi connectivity index (χ3v) is 5.27. The van der Waals surface area contributed by atoms with Crippen molar-refractivity contribution in [1.29, 1.82) is 0 Å². The summed E-state index contributed by atoms with van der Waals surface area (Å²) in [6, 6.07) is 6.07. The summed E-state index contributed by atoms with van der Waals surface area (Å²) < 4.78 is 34.5. The van der Waals surface area contributed by atoms with E-state index in [0.29, 0.717) is 32.2 Å². The van der Waals surface area contributed by atoms with Gasteiger partial charge < -0.3 is 19.5 Å². The summed E-state index contributed by atoms with van der Waals surface area (Å²) >= 11 is 0. The van der Waals surface area contributed by atoms with Gasteiger partial charge in [-0.05, 0) is 50.3 Å². The van der Waals surface area contributed by atoms with E-state index in [1.54, 1.807) is 17.0 Å². The molecule has 1 saturated heterocycles. The number of rotatable bonds is 4. The highest BCUT2D eigenvalue weighted by Crippen LogP contribution is 2.39. The highest BCUT2D eigenvalue weighted by atomic mass is 19.3. The Kier molecular flexibility index (Phi) is 5.13. The summed E-state index contributed by atoms with van der Waals surface area (Å²) in [7, 11) is 0. The van der Waals surface area contributed by atoms with Gasteiger partial charge in [0, 0.05) is 13.0 Å². The smallest absolute Gasteiger partial charge is 0.410 e. The molecule has 1 amide bonds. The van der Waals surface area contributed by atoms with Gasteiger partial charge in [-0.25, -0.2) is 4.79 Å². The number of hydrogen-bond donors (Lipinski definition) is 1. The van der Waals surface area contributed by atoms with Crippen molar-refractivity contribution >= 4 is 6.09 Å². The average Bonchev–Trinajstić information content (AvgIpc) is 2.58. The molecule has 3 rings (SSSR count). The predicted molar refractivity (Wildman–Crippen MR) is 86.5 cm³/mol. The molecule has 2 aliphatic rings. The lowest BCUT2D eigenvalue weighted by molar-refractivity contribution is -0.0908. The Morgan fingerprint density at radius 3 is 2.44 bits per heavy atom. The Balaban J connectivity index is 1.63. The molecule has 1 saturated carbocycles. The fraction of sp³-hybridized carbons (Fsp3) is 0.611. The van der Waals surface area contributed by atoms with Crippen molar-refractivity contribution in [2.24, 2.45) is 0 Å². The summed E-state index contributed by atoms with van der Waals surface area (Å²) in [5.41, 5.74) is 0.384. The Morgan fingerprint density at radius 1 is 1.24 bits per heavy atom. The van der Waals surface area contributed by atoms with Crippen LogP contribution in [0.1, 0.15) is 50.6 Å². The number of amides is 1. The van der Waals surface area contributed by atoms with Crippen molar-refractivity contribution in [3.8, 4) is 5.75 Å². The molecular formula is C18H23F2NO4.